The molecule has 0 unspecified atom stereocenters. The molecular formula is C17H25N3O2. The molecule has 120 valence electrons. The highest BCUT2D eigenvalue weighted by Gasteiger charge is 2.25. The molecule has 2 amide bonds. The minimum absolute atomic E-state index is 0.0101. The van der Waals surface area contributed by atoms with E-state index in [9.17, 15) is 9.59 Å². The number of rotatable bonds is 4. The van der Waals surface area contributed by atoms with Crippen molar-refractivity contribution in [1.82, 2.24) is 9.80 Å². The predicted octanol–water partition coefficient (Wildman–Crippen LogP) is 1.49. The van der Waals surface area contributed by atoms with Crippen LogP contribution in [-0.4, -0.2) is 53.8 Å². The van der Waals surface area contributed by atoms with Gasteiger partial charge in [-0.25, -0.2) is 0 Å². The molecule has 1 aliphatic heterocycles. The van der Waals surface area contributed by atoms with E-state index in [-0.39, 0.29) is 11.8 Å². The summed E-state index contributed by atoms with van der Waals surface area (Å²) in [5, 5.41) is 0. The van der Waals surface area contributed by atoms with Gasteiger partial charge in [-0.2, -0.15) is 0 Å². The molecule has 0 aromatic heterocycles. The SMILES string of the molecule is CCC[C@H](N)C(=O)N1CCCN(C(=O)c2ccccc2)CC1. The molecule has 0 aliphatic carbocycles. The second-order valence-electron chi connectivity index (χ2n) is 5.73. The minimum atomic E-state index is -0.415. The van der Waals surface area contributed by atoms with Crippen LogP contribution >= 0.6 is 0 Å². The van der Waals surface area contributed by atoms with E-state index in [1.54, 1.807) is 4.90 Å². The van der Waals surface area contributed by atoms with E-state index in [1.165, 1.54) is 0 Å². The van der Waals surface area contributed by atoms with Crippen LogP contribution in [-0.2, 0) is 4.79 Å². The highest BCUT2D eigenvalue weighted by molar-refractivity contribution is 5.94. The molecule has 22 heavy (non-hydrogen) atoms. The van der Waals surface area contributed by atoms with Gasteiger partial charge in [0.2, 0.25) is 5.91 Å². The van der Waals surface area contributed by atoms with Crippen LogP contribution in [0.2, 0.25) is 0 Å². The molecule has 1 fully saturated rings. The topological polar surface area (TPSA) is 66.6 Å². The lowest BCUT2D eigenvalue weighted by molar-refractivity contribution is -0.132. The van der Waals surface area contributed by atoms with Crippen LogP contribution in [0.1, 0.15) is 36.5 Å². The molecule has 1 saturated heterocycles. The zero-order valence-electron chi connectivity index (χ0n) is 13.2. The summed E-state index contributed by atoms with van der Waals surface area (Å²) >= 11 is 0. The molecular weight excluding hydrogens is 278 g/mol. The van der Waals surface area contributed by atoms with Crippen molar-refractivity contribution in [3.05, 3.63) is 35.9 Å². The predicted molar refractivity (Wildman–Crippen MR) is 86.4 cm³/mol. The van der Waals surface area contributed by atoms with E-state index in [0.717, 1.165) is 12.8 Å². The Labute approximate surface area is 132 Å². The van der Waals surface area contributed by atoms with E-state index >= 15 is 0 Å². The van der Waals surface area contributed by atoms with Crippen molar-refractivity contribution in [2.75, 3.05) is 26.2 Å². The number of benzene rings is 1. The summed E-state index contributed by atoms with van der Waals surface area (Å²) in [7, 11) is 0. The Hall–Kier alpha value is -1.88. The van der Waals surface area contributed by atoms with Crippen molar-refractivity contribution in [3.63, 3.8) is 0 Å². The monoisotopic (exact) mass is 303 g/mol. The van der Waals surface area contributed by atoms with Crippen LogP contribution in [0.4, 0.5) is 0 Å². The van der Waals surface area contributed by atoms with Crippen molar-refractivity contribution < 1.29 is 9.59 Å². The minimum Gasteiger partial charge on any atom is -0.340 e. The normalized spacial score (nSPS) is 17.0. The summed E-state index contributed by atoms with van der Waals surface area (Å²) in [6, 6.07) is 8.87. The summed E-state index contributed by atoms with van der Waals surface area (Å²) in [6.07, 6.45) is 2.41. The van der Waals surface area contributed by atoms with Crippen LogP contribution in [0.3, 0.4) is 0 Å². The fourth-order valence-electron chi connectivity index (χ4n) is 2.77. The van der Waals surface area contributed by atoms with E-state index < -0.39 is 6.04 Å². The van der Waals surface area contributed by atoms with Crippen molar-refractivity contribution in [2.24, 2.45) is 5.73 Å². The third-order valence-electron chi connectivity index (χ3n) is 4.03. The van der Waals surface area contributed by atoms with E-state index in [2.05, 4.69) is 0 Å². The second-order valence-corrected chi connectivity index (χ2v) is 5.73. The zero-order valence-corrected chi connectivity index (χ0v) is 13.2. The lowest BCUT2D eigenvalue weighted by atomic mass is 10.1. The number of hydrogen-bond acceptors (Lipinski definition) is 3. The summed E-state index contributed by atoms with van der Waals surface area (Å²) in [6.45, 7) is 4.51. The first-order valence-electron chi connectivity index (χ1n) is 8.02. The van der Waals surface area contributed by atoms with Crippen molar-refractivity contribution in [2.45, 2.75) is 32.2 Å². The molecule has 2 rings (SSSR count). The van der Waals surface area contributed by atoms with Gasteiger partial charge in [-0.1, -0.05) is 31.5 Å². The van der Waals surface area contributed by atoms with Gasteiger partial charge in [0, 0.05) is 31.7 Å². The van der Waals surface area contributed by atoms with E-state index in [1.807, 2.05) is 42.2 Å². The van der Waals surface area contributed by atoms with Gasteiger partial charge < -0.3 is 15.5 Å². The largest absolute Gasteiger partial charge is 0.340 e. The van der Waals surface area contributed by atoms with Crippen LogP contribution < -0.4 is 5.73 Å². The number of nitrogens with two attached hydrogens (primary N) is 1. The van der Waals surface area contributed by atoms with Crippen LogP contribution in [0.5, 0.6) is 0 Å². The Morgan fingerprint density at radius 3 is 2.41 bits per heavy atom. The summed E-state index contributed by atoms with van der Waals surface area (Å²) in [4.78, 5) is 28.4. The van der Waals surface area contributed by atoms with Crippen molar-refractivity contribution in [1.29, 1.82) is 0 Å². The van der Waals surface area contributed by atoms with E-state index in [0.29, 0.717) is 38.2 Å². The Morgan fingerprint density at radius 1 is 1.09 bits per heavy atom. The smallest absolute Gasteiger partial charge is 0.253 e. The molecule has 1 atom stereocenters. The maximum absolute atomic E-state index is 12.5. The summed E-state index contributed by atoms with van der Waals surface area (Å²) < 4.78 is 0. The number of nitrogens with zero attached hydrogens (tertiary/aromatic N) is 2. The van der Waals surface area contributed by atoms with Crippen LogP contribution in [0.25, 0.3) is 0 Å². The molecule has 0 bridgehead atoms. The van der Waals surface area contributed by atoms with Gasteiger partial charge in [-0.3, -0.25) is 9.59 Å². The van der Waals surface area contributed by atoms with Gasteiger partial charge in [-0.15, -0.1) is 0 Å². The van der Waals surface area contributed by atoms with Gasteiger partial charge in [0.25, 0.3) is 5.91 Å². The van der Waals surface area contributed by atoms with Gasteiger partial charge in [0.05, 0.1) is 6.04 Å². The molecule has 1 aliphatic rings. The number of amides is 2. The Kier molecular flexibility index (Phi) is 5.95. The maximum Gasteiger partial charge on any atom is 0.253 e. The first-order valence-corrected chi connectivity index (χ1v) is 8.02. The average molecular weight is 303 g/mol. The summed E-state index contributed by atoms with van der Waals surface area (Å²) in [5.74, 6) is 0.0450. The first-order chi connectivity index (χ1) is 10.6. The van der Waals surface area contributed by atoms with Crippen LogP contribution in [0.15, 0.2) is 30.3 Å². The Bertz CT molecular complexity index is 504. The first kappa shape index (κ1) is 16.5. The fraction of sp³-hybridized carbons (Fsp3) is 0.529. The third kappa shape index (κ3) is 4.07. The molecule has 1 aromatic carbocycles. The molecule has 0 radical (unpaired) electrons. The molecule has 1 heterocycles. The van der Waals surface area contributed by atoms with Gasteiger partial charge >= 0.3 is 0 Å². The van der Waals surface area contributed by atoms with Gasteiger partial charge in [0.1, 0.15) is 0 Å². The van der Waals surface area contributed by atoms with Gasteiger partial charge in [0.15, 0.2) is 0 Å². The lowest BCUT2D eigenvalue weighted by Gasteiger charge is -2.24. The maximum atomic E-state index is 12.5. The molecule has 1 aromatic rings. The standard InChI is InChI=1S/C17H25N3O2/c1-2-7-15(18)17(22)20-11-6-10-19(12-13-20)16(21)14-8-4-3-5-9-14/h3-5,8-9,15H,2,6-7,10-13,18H2,1H3/t15-/m0/s1. The van der Waals surface area contributed by atoms with Crippen LogP contribution in [0, 0.1) is 0 Å². The number of carbonyl (C=O) groups excluding carboxylic acids is 2. The number of hydrogen-bond donors (Lipinski definition) is 1. The molecule has 0 saturated carbocycles. The lowest BCUT2D eigenvalue weighted by Crippen LogP contribution is -2.45. The summed E-state index contributed by atoms with van der Waals surface area (Å²) in [5.41, 5.74) is 6.62. The third-order valence-corrected chi connectivity index (χ3v) is 4.03. The van der Waals surface area contributed by atoms with Crippen molar-refractivity contribution in [3.8, 4) is 0 Å². The average Bonchev–Trinajstić information content (AvgIpc) is 2.80. The van der Waals surface area contributed by atoms with E-state index in [4.69, 9.17) is 5.73 Å². The van der Waals surface area contributed by atoms with Crippen molar-refractivity contribution >= 4 is 11.8 Å². The Morgan fingerprint density at radius 2 is 1.73 bits per heavy atom. The number of carbonyl (C=O) groups is 2. The quantitative estimate of drug-likeness (QED) is 0.916. The second kappa shape index (κ2) is 7.94. The highest BCUT2D eigenvalue weighted by atomic mass is 16.2. The molecule has 5 nitrogen and oxygen atoms in total. The highest BCUT2D eigenvalue weighted by Crippen LogP contribution is 2.10. The molecule has 0 spiro atoms. The molecule has 2 N–H and O–H groups in total. The zero-order chi connectivity index (χ0) is 15.9. The van der Waals surface area contributed by atoms with Gasteiger partial charge in [-0.05, 0) is 25.0 Å². The molecule has 5 heteroatoms. The fourth-order valence-corrected chi connectivity index (χ4v) is 2.77. The Balaban J connectivity index is 1.95.